The molecule has 2 aromatic rings. The van der Waals surface area contributed by atoms with E-state index in [1.165, 1.54) is 0 Å². The monoisotopic (exact) mass is 358 g/mol. The van der Waals surface area contributed by atoms with Crippen molar-refractivity contribution in [3.63, 3.8) is 0 Å². The van der Waals surface area contributed by atoms with Crippen LogP contribution in [0.3, 0.4) is 0 Å². The number of sulfonamides is 1. The fraction of sp³-hybridized carbons (Fsp3) is 0.316. The van der Waals surface area contributed by atoms with Gasteiger partial charge in [-0.05, 0) is 74.2 Å². The van der Waals surface area contributed by atoms with Gasteiger partial charge in [-0.3, -0.25) is 9.52 Å². The molecule has 0 saturated carbocycles. The predicted octanol–water partition coefficient (Wildman–Crippen LogP) is 3.54. The average Bonchev–Trinajstić information content (AvgIpc) is 2.95. The molecule has 1 amide bonds. The molecule has 1 saturated heterocycles. The number of benzene rings is 2. The summed E-state index contributed by atoms with van der Waals surface area (Å²) in [5, 5.41) is 0. The van der Waals surface area contributed by atoms with E-state index in [2.05, 4.69) is 4.72 Å². The number of nitrogens with zero attached hydrogens (tertiary/aromatic N) is 1. The van der Waals surface area contributed by atoms with Crippen molar-refractivity contribution in [1.82, 2.24) is 0 Å². The lowest BCUT2D eigenvalue weighted by Crippen LogP contribution is -2.24. The quantitative estimate of drug-likeness (QED) is 0.909. The van der Waals surface area contributed by atoms with Crippen molar-refractivity contribution in [2.45, 2.75) is 38.5 Å². The molecule has 3 rings (SSSR count). The molecule has 0 bridgehead atoms. The highest BCUT2D eigenvalue weighted by Gasteiger charge is 2.23. The van der Waals surface area contributed by atoms with Crippen molar-refractivity contribution in [2.75, 3.05) is 16.2 Å². The molecule has 6 heteroatoms. The summed E-state index contributed by atoms with van der Waals surface area (Å²) in [6, 6.07) is 10.3. The van der Waals surface area contributed by atoms with E-state index in [0.29, 0.717) is 18.7 Å². The standard InChI is InChI=1S/C19H22N2O3S/c1-13-6-8-17(12-14(13)2)25(23,24)20-16-7-9-18(15(3)11-16)21-10-4-5-19(21)22/h6-9,11-12,20H,4-5,10H2,1-3H3. The lowest BCUT2D eigenvalue weighted by Gasteiger charge is -2.19. The number of nitrogens with one attached hydrogen (secondary N) is 1. The molecule has 132 valence electrons. The third-order valence-electron chi connectivity index (χ3n) is 4.60. The van der Waals surface area contributed by atoms with Crippen molar-refractivity contribution in [1.29, 1.82) is 0 Å². The number of carbonyl (C=O) groups is 1. The second-order valence-electron chi connectivity index (χ2n) is 6.50. The van der Waals surface area contributed by atoms with Gasteiger partial charge in [0.25, 0.3) is 10.0 Å². The van der Waals surface area contributed by atoms with Crippen LogP contribution in [0.4, 0.5) is 11.4 Å². The maximum absolute atomic E-state index is 12.6. The van der Waals surface area contributed by atoms with Gasteiger partial charge >= 0.3 is 0 Å². The summed E-state index contributed by atoms with van der Waals surface area (Å²) in [5.41, 5.74) is 4.19. The third-order valence-corrected chi connectivity index (χ3v) is 5.98. The van der Waals surface area contributed by atoms with Crippen molar-refractivity contribution >= 4 is 27.3 Å². The second kappa shape index (κ2) is 6.52. The number of anilines is 2. The van der Waals surface area contributed by atoms with Gasteiger partial charge in [0.1, 0.15) is 0 Å². The highest BCUT2D eigenvalue weighted by atomic mass is 32.2. The van der Waals surface area contributed by atoms with E-state index in [1.807, 2.05) is 20.8 Å². The van der Waals surface area contributed by atoms with Gasteiger partial charge in [-0.2, -0.15) is 0 Å². The van der Waals surface area contributed by atoms with E-state index in [0.717, 1.165) is 28.8 Å². The minimum Gasteiger partial charge on any atom is -0.312 e. The average molecular weight is 358 g/mol. The zero-order valence-corrected chi connectivity index (χ0v) is 15.5. The van der Waals surface area contributed by atoms with E-state index in [4.69, 9.17) is 0 Å². The number of aryl methyl sites for hydroxylation is 3. The molecule has 0 unspecified atom stereocenters. The Labute approximate surface area is 148 Å². The topological polar surface area (TPSA) is 66.5 Å². The van der Waals surface area contributed by atoms with Gasteiger partial charge in [-0.1, -0.05) is 6.07 Å². The van der Waals surface area contributed by atoms with Crippen LogP contribution >= 0.6 is 0 Å². The first-order valence-electron chi connectivity index (χ1n) is 8.29. The Morgan fingerprint density at radius 1 is 0.960 bits per heavy atom. The zero-order chi connectivity index (χ0) is 18.2. The summed E-state index contributed by atoms with van der Waals surface area (Å²) in [4.78, 5) is 13.9. The van der Waals surface area contributed by atoms with E-state index >= 15 is 0 Å². The summed E-state index contributed by atoms with van der Waals surface area (Å²) < 4.78 is 27.8. The molecular weight excluding hydrogens is 336 g/mol. The van der Waals surface area contributed by atoms with E-state index in [-0.39, 0.29) is 10.8 Å². The summed E-state index contributed by atoms with van der Waals surface area (Å²) in [5.74, 6) is 0.117. The number of amides is 1. The summed E-state index contributed by atoms with van der Waals surface area (Å²) in [6.07, 6.45) is 1.43. The van der Waals surface area contributed by atoms with Crippen molar-refractivity contribution in [3.05, 3.63) is 53.1 Å². The Bertz CT molecular complexity index is 936. The third kappa shape index (κ3) is 3.54. The molecule has 0 spiro atoms. The molecule has 1 aliphatic rings. The molecule has 0 aromatic heterocycles. The van der Waals surface area contributed by atoms with E-state index in [9.17, 15) is 13.2 Å². The zero-order valence-electron chi connectivity index (χ0n) is 14.7. The fourth-order valence-corrected chi connectivity index (χ4v) is 4.15. The summed E-state index contributed by atoms with van der Waals surface area (Å²) >= 11 is 0. The lowest BCUT2D eigenvalue weighted by atomic mass is 10.1. The first kappa shape index (κ1) is 17.5. The number of hydrogen-bond acceptors (Lipinski definition) is 3. The number of hydrogen-bond donors (Lipinski definition) is 1. The smallest absolute Gasteiger partial charge is 0.261 e. The van der Waals surface area contributed by atoms with E-state index < -0.39 is 10.0 Å². The molecule has 0 radical (unpaired) electrons. The van der Waals surface area contributed by atoms with Gasteiger partial charge in [0.2, 0.25) is 5.91 Å². The first-order chi connectivity index (χ1) is 11.8. The van der Waals surface area contributed by atoms with Crippen LogP contribution in [0.2, 0.25) is 0 Å². The van der Waals surface area contributed by atoms with Crippen LogP contribution in [0, 0.1) is 20.8 Å². The van der Waals surface area contributed by atoms with Crippen molar-refractivity contribution < 1.29 is 13.2 Å². The Morgan fingerprint density at radius 3 is 2.32 bits per heavy atom. The molecular formula is C19H22N2O3S. The summed E-state index contributed by atoms with van der Waals surface area (Å²) in [7, 11) is -3.64. The Hall–Kier alpha value is -2.34. The van der Waals surface area contributed by atoms with Crippen LogP contribution < -0.4 is 9.62 Å². The SMILES string of the molecule is Cc1ccc(S(=O)(=O)Nc2ccc(N3CCCC3=O)c(C)c2)cc1C. The second-order valence-corrected chi connectivity index (χ2v) is 8.18. The van der Waals surface area contributed by atoms with Crippen LogP contribution in [0.25, 0.3) is 0 Å². The molecule has 5 nitrogen and oxygen atoms in total. The van der Waals surface area contributed by atoms with E-state index in [1.54, 1.807) is 41.3 Å². The van der Waals surface area contributed by atoms with Crippen molar-refractivity contribution in [3.8, 4) is 0 Å². The molecule has 1 aliphatic heterocycles. The highest BCUT2D eigenvalue weighted by Crippen LogP contribution is 2.28. The van der Waals surface area contributed by atoms with Gasteiger partial charge < -0.3 is 4.90 Å². The first-order valence-corrected chi connectivity index (χ1v) is 9.77. The van der Waals surface area contributed by atoms with Gasteiger partial charge in [-0.25, -0.2) is 8.42 Å². The number of carbonyl (C=O) groups excluding carboxylic acids is 1. The molecule has 1 N–H and O–H groups in total. The fourth-order valence-electron chi connectivity index (χ4n) is 3.02. The molecule has 2 aromatic carbocycles. The molecule has 1 heterocycles. The maximum Gasteiger partial charge on any atom is 0.261 e. The Balaban J connectivity index is 1.86. The molecule has 0 aliphatic carbocycles. The minimum absolute atomic E-state index is 0.117. The Morgan fingerprint density at radius 2 is 1.72 bits per heavy atom. The normalized spacial score (nSPS) is 14.8. The van der Waals surface area contributed by atoms with Crippen LogP contribution in [-0.2, 0) is 14.8 Å². The van der Waals surface area contributed by atoms with Crippen LogP contribution in [0.5, 0.6) is 0 Å². The van der Waals surface area contributed by atoms with Crippen molar-refractivity contribution in [2.24, 2.45) is 0 Å². The Kier molecular flexibility index (Phi) is 4.56. The number of rotatable bonds is 4. The van der Waals surface area contributed by atoms with Gasteiger partial charge in [0.05, 0.1) is 4.90 Å². The minimum atomic E-state index is -3.64. The largest absolute Gasteiger partial charge is 0.312 e. The van der Waals surface area contributed by atoms with Gasteiger partial charge in [0.15, 0.2) is 0 Å². The van der Waals surface area contributed by atoms with Crippen LogP contribution in [-0.4, -0.2) is 20.9 Å². The van der Waals surface area contributed by atoms with Crippen LogP contribution in [0.15, 0.2) is 41.3 Å². The highest BCUT2D eigenvalue weighted by molar-refractivity contribution is 7.92. The summed E-state index contributed by atoms with van der Waals surface area (Å²) in [6.45, 7) is 6.43. The van der Waals surface area contributed by atoms with Crippen LogP contribution in [0.1, 0.15) is 29.5 Å². The lowest BCUT2D eigenvalue weighted by molar-refractivity contribution is -0.117. The maximum atomic E-state index is 12.6. The predicted molar refractivity (Wildman–Crippen MR) is 99.5 cm³/mol. The molecule has 0 atom stereocenters. The van der Waals surface area contributed by atoms with Gasteiger partial charge in [-0.15, -0.1) is 0 Å². The van der Waals surface area contributed by atoms with Gasteiger partial charge in [0, 0.05) is 24.3 Å². The molecule has 25 heavy (non-hydrogen) atoms. The molecule has 1 fully saturated rings.